The first-order valence-electron chi connectivity index (χ1n) is 9.55. The summed E-state index contributed by atoms with van der Waals surface area (Å²) in [4.78, 5) is 16.5. The van der Waals surface area contributed by atoms with Gasteiger partial charge in [-0.05, 0) is 42.0 Å². The molecule has 1 heterocycles. The quantitative estimate of drug-likeness (QED) is 0.600. The van der Waals surface area contributed by atoms with Gasteiger partial charge in [-0.2, -0.15) is 5.26 Å². The highest BCUT2D eigenvalue weighted by atomic mass is 32.2. The molecule has 0 saturated carbocycles. The molecule has 30 heavy (non-hydrogen) atoms. The van der Waals surface area contributed by atoms with E-state index in [9.17, 15) is 10.1 Å². The van der Waals surface area contributed by atoms with E-state index in [0.29, 0.717) is 36.6 Å². The minimum absolute atomic E-state index is 0.0811. The summed E-state index contributed by atoms with van der Waals surface area (Å²) < 4.78 is 11.2. The molecule has 0 fully saturated rings. The number of nitrogens with zero attached hydrogens (tertiary/aromatic N) is 2. The number of nitriles is 1. The maximum absolute atomic E-state index is 13.2. The third-order valence-electron chi connectivity index (χ3n) is 4.72. The Morgan fingerprint density at radius 3 is 2.50 bits per heavy atom. The first-order chi connectivity index (χ1) is 14.7. The first kappa shape index (κ1) is 19.9. The Bertz CT molecular complexity index is 1120. The molecule has 0 N–H and O–H groups in total. The number of hydrogen-bond donors (Lipinski definition) is 0. The fraction of sp³-hybridized carbons (Fsp3) is 0.167. The van der Waals surface area contributed by atoms with Crippen molar-refractivity contribution >= 4 is 17.7 Å². The second kappa shape index (κ2) is 8.93. The molecular formula is C24H20N2O3S. The predicted molar refractivity (Wildman–Crippen MR) is 115 cm³/mol. The lowest BCUT2D eigenvalue weighted by molar-refractivity contribution is 0.0781. The zero-order chi connectivity index (χ0) is 20.9. The van der Waals surface area contributed by atoms with Gasteiger partial charge in [0.2, 0.25) is 0 Å². The van der Waals surface area contributed by atoms with Crippen LogP contribution in [0.2, 0.25) is 0 Å². The fourth-order valence-electron chi connectivity index (χ4n) is 3.24. The van der Waals surface area contributed by atoms with Gasteiger partial charge in [0.1, 0.15) is 19.3 Å². The lowest BCUT2D eigenvalue weighted by Crippen LogP contribution is -2.26. The number of benzene rings is 3. The van der Waals surface area contributed by atoms with Crippen molar-refractivity contribution in [3.05, 3.63) is 83.4 Å². The molecule has 3 aromatic carbocycles. The Labute approximate surface area is 179 Å². The van der Waals surface area contributed by atoms with Crippen LogP contribution in [0.5, 0.6) is 11.5 Å². The zero-order valence-corrected chi connectivity index (χ0v) is 17.3. The minimum atomic E-state index is -0.0811. The Morgan fingerprint density at radius 1 is 1.00 bits per heavy atom. The van der Waals surface area contributed by atoms with Gasteiger partial charge < -0.3 is 14.4 Å². The van der Waals surface area contributed by atoms with E-state index in [1.165, 1.54) is 11.8 Å². The van der Waals surface area contributed by atoms with Crippen LogP contribution in [0, 0.1) is 11.3 Å². The lowest BCUT2D eigenvalue weighted by Gasteiger charge is -2.22. The zero-order valence-electron chi connectivity index (χ0n) is 16.5. The maximum Gasteiger partial charge on any atom is 0.255 e. The molecule has 5 nitrogen and oxygen atoms in total. The van der Waals surface area contributed by atoms with Crippen LogP contribution < -0.4 is 9.47 Å². The molecule has 4 rings (SSSR count). The third-order valence-corrected chi connectivity index (χ3v) is 5.87. The van der Waals surface area contributed by atoms with Crippen molar-refractivity contribution in [1.82, 2.24) is 4.90 Å². The van der Waals surface area contributed by atoms with Crippen LogP contribution in [0.4, 0.5) is 0 Å². The summed E-state index contributed by atoms with van der Waals surface area (Å²) in [7, 11) is 1.78. The molecule has 0 spiro atoms. The number of carbonyl (C=O) groups is 1. The summed E-state index contributed by atoms with van der Waals surface area (Å²) in [5, 5.41) is 9.35. The summed E-state index contributed by atoms with van der Waals surface area (Å²) in [6.45, 7) is 1.53. The topological polar surface area (TPSA) is 62.6 Å². The van der Waals surface area contributed by atoms with Gasteiger partial charge in [0.15, 0.2) is 11.5 Å². The summed E-state index contributed by atoms with van der Waals surface area (Å²) in [6, 6.07) is 22.8. The SMILES string of the molecule is CN(Cc1ccc2c(c1)OCCO2)C(=O)c1ccccc1Sc1ccccc1C#N. The Balaban J connectivity index is 1.54. The monoisotopic (exact) mass is 416 g/mol. The molecule has 1 aliphatic heterocycles. The predicted octanol–water partition coefficient (Wildman–Crippen LogP) is 4.75. The summed E-state index contributed by atoms with van der Waals surface area (Å²) >= 11 is 1.43. The number of hydrogen-bond acceptors (Lipinski definition) is 5. The van der Waals surface area contributed by atoms with Crippen molar-refractivity contribution in [2.75, 3.05) is 20.3 Å². The van der Waals surface area contributed by atoms with Crippen molar-refractivity contribution in [2.24, 2.45) is 0 Å². The Morgan fingerprint density at radius 2 is 1.70 bits per heavy atom. The van der Waals surface area contributed by atoms with Gasteiger partial charge >= 0.3 is 0 Å². The van der Waals surface area contributed by atoms with Gasteiger partial charge in [-0.15, -0.1) is 0 Å². The maximum atomic E-state index is 13.2. The van der Waals surface area contributed by atoms with E-state index in [2.05, 4.69) is 6.07 Å². The van der Waals surface area contributed by atoms with Crippen molar-refractivity contribution in [2.45, 2.75) is 16.3 Å². The molecule has 150 valence electrons. The number of amides is 1. The minimum Gasteiger partial charge on any atom is -0.486 e. The van der Waals surface area contributed by atoms with Gasteiger partial charge in [-0.25, -0.2) is 0 Å². The highest BCUT2D eigenvalue weighted by Gasteiger charge is 2.19. The molecule has 0 bridgehead atoms. The molecule has 0 saturated heterocycles. The number of carbonyl (C=O) groups excluding carboxylic acids is 1. The number of rotatable bonds is 5. The van der Waals surface area contributed by atoms with E-state index >= 15 is 0 Å². The highest BCUT2D eigenvalue weighted by molar-refractivity contribution is 7.99. The van der Waals surface area contributed by atoms with Gasteiger partial charge in [-0.1, -0.05) is 42.1 Å². The Hall–Kier alpha value is -3.43. The first-order valence-corrected chi connectivity index (χ1v) is 10.4. The summed E-state index contributed by atoms with van der Waals surface area (Å²) in [5.74, 6) is 1.36. The van der Waals surface area contributed by atoms with Crippen molar-refractivity contribution in [3.63, 3.8) is 0 Å². The van der Waals surface area contributed by atoms with E-state index in [-0.39, 0.29) is 5.91 Å². The molecule has 0 aliphatic carbocycles. The molecule has 0 aromatic heterocycles. The number of fused-ring (bicyclic) bond motifs is 1. The standard InChI is InChI=1S/C24H20N2O3S/c1-26(16-17-10-11-20-21(14-17)29-13-12-28-20)24(27)19-7-3-5-9-23(19)30-22-8-4-2-6-18(22)15-25/h2-11,14H,12-13,16H2,1H3. The molecule has 1 aliphatic rings. The van der Waals surface area contributed by atoms with Crippen molar-refractivity contribution in [3.8, 4) is 17.6 Å². The van der Waals surface area contributed by atoms with E-state index < -0.39 is 0 Å². The number of ether oxygens (including phenoxy) is 2. The molecule has 6 heteroatoms. The molecule has 1 amide bonds. The van der Waals surface area contributed by atoms with Gasteiger partial charge in [0.05, 0.1) is 11.1 Å². The average Bonchev–Trinajstić information content (AvgIpc) is 2.79. The third kappa shape index (κ3) is 4.27. The largest absolute Gasteiger partial charge is 0.486 e. The second-order valence-electron chi connectivity index (χ2n) is 6.85. The molecule has 3 aromatic rings. The van der Waals surface area contributed by atoms with Crippen LogP contribution in [-0.2, 0) is 6.54 Å². The van der Waals surface area contributed by atoms with Crippen molar-refractivity contribution in [1.29, 1.82) is 5.26 Å². The van der Waals surface area contributed by atoms with Crippen LogP contribution in [0.3, 0.4) is 0 Å². The van der Waals surface area contributed by atoms with E-state index in [4.69, 9.17) is 9.47 Å². The summed E-state index contributed by atoms with van der Waals surface area (Å²) in [5.41, 5.74) is 2.17. The van der Waals surface area contributed by atoms with E-state index in [0.717, 1.165) is 21.1 Å². The van der Waals surface area contributed by atoms with Crippen LogP contribution in [0.15, 0.2) is 76.5 Å². The molecular weight excluding hydrogens is 396 g/mol. The van der Waals surface area contributed by atoms with Crippen LogP contribution in [0.1, 0.15) is 21.5 Å². The smallest absolute Gasteiger partial charge is 0.255 e. The highest BCUT2D eigenvalue weighted by Crippen LogP contribution is 2.34. The van der Waals surface area contributed by atoms with Crippen molar-refractivity contribution < 1.29 is 14.3 Å². The van der Waals surface area contributed by atoms with Gasteiger partial charge in [-0.3, -0.25) is 4.79 Å². The normalized spacial score (nSPS) is 12.1. The Kier molecular flexibility index (Phi) is 5.92. The van der Waals surface area contributed by atoms with Crippen LogP contribution >= 0.6 is 11.8 Å². The lowest BCUT2D eigenvalue weighted by atomic mass is 10.1. The fourth-order valence-corrected chi connectivity index (χ4v) is 4.26. The second-order valence-corrected chi connectivity index (χ2v) is 7.93. The average molecular weight is 417 g/mol. The summed E-state index contributed by atoms with van der Waals surface area (Å²) in [6.07, 6.45) is 0. The van der Waals surface area contributed by atoms with Gasteiger partial charge in [0, 0.05) is 23.4 Å². The van der Waals surface area contributed by atoms with Crippen LogP contribution in [0.25, 0.3) is 0 Å². The molecule has 0 radical (unpaired) electrons. The van der Waals surface area contributed by atoms with E-state index in [1.807, 2.05) is 60.7 Å². The molecule has 0 atom stereocenters. The van der Waals surface area contributed by atoms with Crippen LogP contribution in [-0.4, -0.2) is 31.1 Å². The van der Waals surface area contributed by atoms with Gasteiger partial charge in [0.25, 0.3) is 5.91 Å². The molecule has 0 unspecified atom stereocenters. The van der Waals surface area contributed by atoms with E-state index in [1.54, 1.807) is 18.0 Å².